The van der Waals surface area contributed by atoms with Gasteiger partial charge in [0.25, 0.3) is 5.91 Å². The molecule has 1 unspecified atom stereocenters. The number of ether oxygens (including phenoxy) is 1. The summed E-state index contributed by atoms with van der Waals surface area (Å²) in [6.07, 6.45) is 6.20. The topological polar surface area (TPSA) is 54.5 Å². The standard InChI is InChI=1S/C27H29N3O2/c1-3-18-17-30-15-13-19(18)16-24(30)26(21-12-14-28-23-10-6-4-8-20(21)23)29-27(31)22-9-5-7-11-25(22)32-2/h3-12,14,18-19,24,26H,1,13,15-17H2,2H3,(H,29,31)/t18-,19-,24+,26-/m0/s1. The number of rotatable bonds is 6. The number of piperidine rings is 3. The van der Waals surface area contributed by atoms with E-state index in [-0.39, 0.29) is 18.0 Å². The van der Waals surface area contributed by atoms with Crippen molar-refractivity contribution in [1.82, 2.24) is 15.2 Å². The number of hydrogen-bond donors (Lipinski definition) is 1. The molecular formula is C27H29N3O2. The van der Waals surface area contributed by atoms with Gasteiger partial charge >= 0.3 is 0 Å². The molecule has 0 aliphatic carbocycles. The van der Waals surface area contributed by atoms with Crippen molar-refractivity contribution >= 4 is 16.8 Å². The lowest BCUT2D eigenvalue weighted by Crippen LogP contribution is -2.57. The van der Waals surface area contributed by atoms with Crippen LogP contribution in [0.3, 0.4) is 0 Å². The fraction of sp³-hybridized carbons (Fsp3) is 0.333. The number of para-hydroxylation sites is 2. The Morgan fingerprint density at radius 1 is 1.22 bits per heavy atom. The van der Waals surface area contributed by atoms with Crippen LogP contribution in [0.2, 0.25) is 0 Å². The average molecular weight is 428 g/mol. The van der Waals surface area contributed by atoms with Crippen molar-refractivity contribution in [2.45, 2.75) is 24.9 Å². The summed E-state index contributed by atoms with van der Waals surface area (Å²) in [5, 5.41) is 4.48. The molecule has 4 heterocycles. The molecular weight excluding hydrogens is 398 g/mol. The number of benzene rings is 2. The second-order valence-electron chi connectivity index (χ2n) is 8.82. The molecule has 6 rings (SSSR count). The minimum atomic E-state index is -0.145. The van der Waals surface area contributed by atoms with Crippen LogP contribution < -0.4 is 10.1 Å². The lowest BCUT2D eigenvalue weighted by atomic mass is 9.73. The summed E-state index contributed by atoms with van der Waals surface area (Å²) in [6.45, 7) is 6.12. The molecule has 5 heteroatoms. The second kappa shape index (κ2) is 8.75. The van der Waals surface area contributed by atoms with Crippen molar-refractivity contribution in [2.75, 3.05) is 20.2 Å². The Bertz CT molecular complexity index is 1140. The first kappa shape index (κ1) is 20.7. The monoisotopic (exact) mass is 427 g/mol. The van der Waals surface area contributed by atoms with Crippen LogP contribution in [0.25, 0.3) is 10.9 Å². The number of carbonyl (C=O) groups is 1. The molecule has 3 fully saturated rings. The summed E-state index contributed by atoms with van der Waals surface area (Å²) >= 11 is 0. The number of carbonyl (C=O) groups excluding carboxylic acids is 1. The van der Waals surface area contributed by atoms with Crippen LogP contribution >= 0.6 is 0 Å². The van der Waals surface area contributed by atoms with E-state index in [1.54, 1.807) is 7.11 Å². The normalized spacial score (nSPS) is 25.3. The van der Waals surface area contributed by atoms with Crippen molar-refractivity contribution in [3.63, 3.8) is 0 Å². The maximum absolute atomic E-state index is 13.5. The third kappa shape index (κ3) is 3.67. The van der Waals surface area contributed by atoms with Gasteiger partial charge in [-0.2, -0.15) is 0 Å². The molecule has 1 amide bonds. The second-order valence-corrected chi connectivity index (χ2v) is 8.82. The number of hydrogen-bond acceptors (Lipinski definition) is 4. The Morgan fingerprint density at radius 2 is 2.03 bits per heavy atom. The predicted octanol–water partition coefficient (Wildman–Crippen LogP) is 4.61. The van der Waals surface area contributed by atoms with E-state index in [2.05, 4.69) is 40.0 Å². The highest BCUT2D eigenvalue weighted by Gasteiger charge is 2.43. The van der Waals surface area contributed by atoms with Gasteiger partial charge in [0.2, 0.25) is 0 Å². The van der Waals surface area contributed by atoms with Crippen LogP contribution in [0, 0.1) is 11.8 Å². The first-order chi connectivity index (χ1) is 15.7. The third-order valence-corrected chi connectivity index (χ3v) is 7.19. The minimum absolute atomic E-state index is 0.115. The van der Waals surface area contributed by atoms with Gasteiger partial charge in [-0.05, 0) is 61.1 Å². The average Bonchev–Trinajstić information content (AvgIpc) is 2.87. The maximum Gasteiger partial charge on any atom is 0.255 e. The summed E-state index contributed by atoms with van der Waals surface area (Å²) < 4.78 is 5.46. The highest BCUT2D eigenvalue weighted by atomic mass is 16.5. The molecule has 0 radical (unpaired) electrons. The highest BCUT2D eigenvalue weighted by molar-refractivity contribution is 5.97. The van der Waals surface area contributed by atoms with E-state index < -0.39 is 0 Å². The molecule has 3 aromatic rings. The predicted molar refractivity (Wildman–Crippen MR) is 127 cm³/mol. The van der Waals surface area contributed by atoms with Gasteiger partial charge in [0, 0.05) is 24.2 Å². The summed E-state index contributed by atoms with van der Waals surface area (Å²) in [6, 6.07) is 17.7. The zero-order valence-electron chi connectivity index (χ0n) is 18.4. The first-order valence-corrected chi connectivity index (χ1v) is 11.3. The first-order valence-electron chi connectivity index (χ1n) is 11.3. The van der Waals surface area contributed by atoms with Gasteiger partial charge in [-0.15, -0.1) is 6.58 Å². The van der Waals surface area contributed by atoms with Crippen LogP contribution in [0.15, 0.2) is 73.4 Å². The number of fused-ring (bicyclic) bond motifs is 4. The van der Waals surface area contributed by atoms with E-state index in [0.29, 0.717) is 23.1 Å². The molecule has 1 aromatic heterocycles. The molecule has 0 saturated carbocycles. The summed E-state index contributed by atoms with van der Waals surface area (Å²) in [5.41, 5.74) is 2.62. The summed E-state index contributed by atoms with van der Waals surface area (Å²) in [4.78, 5) is 20.6. The number of pyridine rings is 1. The fourth-order valence-electron chi connectivity index (χ4n) is 5.55. The van der Waals surface area contributed by atoms with Gasteiger partial charge in [0.05, 0.1) is 24.2 Å². The van der Waals surface area contributed by atoms with Crippen molar-refractivity contribution in [2.24, 2.45) is 11.8 Å². The Hall–Kier alpha value is -3.18. The number of methoxy groups -OCH3 is 1. The van der Waals surface area contributed by atoms with E-state index in [4.69, 9.17) is 4.74 Å². The van der Waals surface area contributed by atoms with Gasteiger partial charge in [-0.1, -0.05) is 36.4 Å². The van der Waals surface area contributed by atoms with Gasteiger partial charge in [-0.25, -0.2) is 0 Å². The SMILES string of the molecule is C=C[C@H]1CN2CC[C@H]1C[C@@H]2[C@@H](NC(=O)c1ccccc1OC)c1ccnc2ccccc12. The summed E-state index contributed by atoms with van der Waals surface area (Å²) in [5.74, 6) is 1.61. The quantitative estimate of drug-likeness (QED) is 0.584. The lowest BCUT2D eigenvalue weighted by molar-refractivity contribution is 0.00169. The largest absolute Gasteiger partial charge is 0.496 e. The van der Waals surface area contributed by atoms with Crippen molar-refractivity contribution in [1.29, 1.82) is 0 Å². The van der Waals surface area contributed by atoms with Gasteiger partial charge in [0.1, 0.15) is 5.75 Å². The summed E-state index contributed by atoms with van der Waals surface area (Å²) in [7, 11) is 1.60. The van der Waals surface area contributed by atoms with E-state index in [1.165, 1.54) is 6.42 Å². The molecule has 2 aromatic carbocycles. The molecule has 3 aliphatic rings. The third-order valence-electron chi connectivity index (χ3n) is 7.19. The number of aromatic nitrogens is 1. The number of nitrogens with one attached hydrogen (secondary N) is 1. The Morgan fingerprint density at radius 3 is 2.81 bits per heavy atom. The van der Waals surface area contributed by atoms with Crippen LogP contribution in [0.5, 0.6) is 5.75 Å². The highest BCUT2D eigenvalue weighted by Crippen LogP contribution is 2.42. The van der Waals surface area contributed by atoms with Gasteiger partial charge in [-0.3, -0.25) is 14.7 Å². The molecule has 2 bridgehead atoms. The van der Waals surface area contributed by atoms with Crippen molar-refractivity contribution < 1.29 is 9.53 Å². The Kier molecular flexibility index (Phi) is 5.66. The van der Waals surface area contributed by atoms with Gasteiger partial charge < -0.3 is 10.1 Å². The van der Waals surface area contributed by atoms with Crippen molar-refractivity contribution in [3.8, 4) is 5.75 Å². The van der Waals surface area contributed by atoms with Crippen molar-refractivity contribution in [3.05, 3.63) is 84.6 Å². The lowest BCUT2D eigenvalue weighted by Gasteiger charge is -2.51. The molecule has 32 heavy (non-hydrogen) atoms. The van der Waals surface area contributed by atoms with E-state index >= 15 is 0 Å². The zero-order chi connectivity index (χ0) is 22.1. The number of amides is 1. The van der Waals surface area contributed by atoms with Crippen LogP contribution in [-0.2, 0) is 0 Å². The molecule has 3 saturated heterocycles. The zero-order valence-corrected chi connectivity index (χ0v) is 18.4. The van der Waals surface area contributed by atoms with Crippen LogP contribution in [-0.4, -0.2) is 42.0 Å². The number of nitrogens with zero attached hydrogens (tertiary/aromatic N) is 2. The van der Waals surface area contributed by atoms with E-state index in [1.807, 2.05) is 48.7 Å². The van der Waals surface area contributed by atoms with E-state index in [9.17, 15) is 4.79 Å². The molecule has 1 N–H and O–H groups in total. The Labute approximate surface area is 189 Å². The van der Waals surface area contributed by atoms with E-state index in [0.717, 1.165) is 36.0 Å². The molecule has 5 atom stereocenters. The Balaban J connectivity index is 1.55. The maximum atomic E-state index is 13.5. The molecule has 0 spiro atoms. The fourth-order valence-corrected chi connectivity index (χ4v) is 5.55. The van der Waals surface area contributed by atoms with Gasteiger partial charge in [0.15, 0.2) is 0 Å². The minimum Gasteiger partial charge on any atom is -0.496 e. The molecule has 5 nitrogen and oxygen atoms in total. The van der Waals surface area contributed by atoms with Crippen LogP contribution in [0.1, 0.15) is 34.8 Å². The molecule has 164 valence electrons. The van der Waals surface area contributed by atoms with Crippen LogP contribution in [0.4, 0.5) is 0 Å². The molecule has 3 aliphatic heterocycles. The smallest absolute Gasteiger partial charge is 0.255 e.